The van der Waals surface area contributed by atoms with Gasteiger partial charge in [-0.2, -0.15) is 0 Å². The molecule has 0 bridgehead atoms. The van der Waals surface area contributed by atoms with E-state index in [2.05, 4.69) is 21.8 Å². The van der Waals surface area contributed by atoms with Gasteiger partial charge in [0.2, 0.25) is 0 Å². The maximum absolute atomic E-state index is 11.4. The zero-order valence-electron chi connectivity index (χ0n) is 10.8. The van der Waals surface area contributed by atoms with Crippen LogP contribution in [0.3, 0.4) is 0 Å². The molecule has 1 saturated heterocycles. The molecule has 0 spiro atoms. The first-order chi connectivity index (χ1) is 8.62. The lowest BCUT2D eigenvalue weighted by Crippen LogP contribution is -2.27. The summed E-state index contributed by atoms with van der Waals surface area (Å²) in [6.07, 6.45) is 6.21. The molecule has 1 aliphatic rings. The van der Waals surface area contributed by atoms with Crippen LogP contribution in [0.1, 0.15) is 37.9 Å². The summed E-state index contributed by atoms with van der Waals surface area (Å²) in [7, 11) is -2.79. The third-order valence-electron chi connectivity index (χ3n) is 3.40. The van der Waals surface area contributed by atoms with Gasteiger partial charge in [-0.3, -0.25) is 0 Å². The molecule has 2 heterocycles. The fourth-order valence-corrected chi connectivity index (χ4v) is 3.81. The van der Waals surface area contributed by atoms with E-state index >= 15 is 0 Å². The van der Waals surface area contributed by atoms with Crippen LogP contribution in [-0.2, 0) is 16.4 Å². The summed E-state index contributed by atoms with van der Waals surface area (Å²) in [5.41, 5.74) is 1.15. The van der Waals surface area contributed by atoms with Gasteiger partial charge < -0.3 is 9.88 Å². The zero-order valence-corrected chi connectivity index (χ0v) is 11.6. The normalized spacial score (nSPS) is 20.1. The molecule has 6 heteroatoms. The predicted octanol–water partition coefficient (Wildman–Crippen LogP) is 1.13. The zero-order chi connectivity index (χ0) is 13.0. The number of imidazole rings is 1. The lowest BCUT2D eigenvalue weighted by molar-refractivity contribution is 0.433. The van der Waals surface area contributed by atoms with Crippen LogP contribution in [-0.4, -0.2) is 36.0 Å². The van der Waals surface area contributed by atoms with E-state index in [4.69, 9.17) is 0 Å². The van der Waals surface area contributed by atoms with Gasteiger partial charge in [-0.1, -0.05) is 6.92 Å². The fraction of sp³-hybridized carbons (Fsp3) is 0.750. The van der Waals surface area contributed by atoms with Crippen molar-refractivity contribution in [1.29, 1.82) is 0 Å². The van der Waals surface area contributed by atoms with Gasteiger partial charge in [0.1, 0.15) is 9.84 Å². The Hall–Kier alpha value is -0.880. The molecule has 1 aliphatic heterocycles. The van der Waals surface area contributed by atoms with E-state index in [-0.39, 0.29) is 6.04 Å². The molecule has 2 rings (SSSR count). The quantitative estimate of drug-likeness (QED) is 0.816. The summed E-state index contributed by atoms with van der Waals surface area (Å²) in [5.74, 6) is 0.606. The summed E-state index contributed by atoms with van der Waals surface area (Å²) < 4.78 is 25.0. The molecule has 1 N–H and O–H groups in total. The highest BCUT2D eigenvalue weighted by Crippen LogP contribution is 2.25. The minimum absolute atomic E-state index is 0.287. The summed E-state index contributed by atoms with van der Waals surface area (Å²) in [6.45, 7) is 3.93. The standard InChI is InChI=1S/C12H21N3O2S/c1-2-5-13-8-12-9-14-10-15(12)11-3-6-18(16,17)7-4-11/h9-11,13H,2-8H2,1H3. The van der Waals surface area contributed by atoms with Crippen LogP contribution in [0.2, 0.25) is 0 Å². The first-order valence-electron chi connectivity index (χ1n) is 6.54. The van der Waals surface area contributed by atoms with Gasteiger partial charge >= 0.3 is 0 Å². The Morgan fingerprint density at radius 1 is 1.44 bits per heavy atom. The monoisotopic (exact) mass is 271 g/mol. The molecule has 1 fully saturated rings. The van der Waals surface area contributed by atoms with E-state index in [9.17, 15) is 8.42 Å². The second-order valence-corrected chi connectivity index (χ2v) is 7.16. The van der Waals surface area contributed by atoms with Crippen LogP contribution in [0.5, 0.6) is 0 Å². The Morgan fingerprint density at radius 3 is 2.83 bits per heavy atom. The Morgan fingerprint density at radius 2 is 2.17 bits per heavy atom. The van der Waals surface area contributed by atoms with Crippen molar-refractivity contribution in [1.82, 2.24) is 14.9 Å². The topological polar surface area (TPSA) is 64.0 Å². The summed E-state index contributed by atoms with van der Waals surface area (Å²) >= 11 is 0. The molecular formula is C12H21N3O2S. The first-order valence-corrected chi connectivity index (χ1v) is 8.36. The smallest absolute Gasteiger partial charge is 0.150 e. The van der Waals surface area contributed by atoms with Crippen LogP contribution < -0.4 is 5.32 Å². The minimum atomic E-state index is -2.79. The average molecular weight is 271 g/mol. The number of nitrogens with zero attached hydrogens (tertiary/aromatic N) is 2. The van der Waals surface area contributed by atoms with Gasteiger partial charge in [0.25, 0.3) is 0 Å². The van der Waals surface area contributed by atoms with Gasteiger partial charge in [-0.05, 0) is 25.8 Å². The first kappa shape index (κ1) is 13.5. The molecule has 0 aliphatic carbocycles. The highest BCUT2D eigenvalue weighted by molar-refractivity contribution is 7.91. The third kappa shape index (κ3) is 3.32. The van der Waals surface area contributed by atoms with Crippen molar-refractivity contribution in [2.75, 3.05) is 18.1 Å². The van der Waals surface area contributed by atoms with E-state index < -0.39 is 9.84 Å². The van der Waals surface area contributed by atoms with Crippen molar-refractivity contribution < 1.29 is 8.42 Å². The average Bonchev–Trinajstić information content (AvgIpc) is 2.78. The van der Waals surface area contributed by atoms with Gasteiger partial charge in [0, 0.05) is 18.8 Å². The third-order valence-corrected chi connectivity index (χ3v) is 5.11. The Kier molecular flexibility index (Phi) is 4.40. The number of sulfone groups is 1. The number of nitrogens with one attached hydrogen (secondary N) is 1. The molecule has 0 aromatic carbocycles. The van der Waals surface area contributed by atoms with E-state index in [0.29, 0.717) is 24.3 Å². The molecule has 102 valence electrons. The van der Waals surface area contributed by atoms with E-state index in [0.717, 1.165) is 25.2 Å². The largest absolute Gasteiger partial charge is 0.330 e. The van der Waals surface area contributed by atoms with Crippen molar-refractivity contribution in [2.45, 2.75) is 38.8 Å². The van der Waals surface area contributed by atoms with Gasteiger partial charge in [0.05, 0.1) is 23.5 Å². The number of aromatic nitrogens is 2. The Balaban J connectivity index is 1.99. The fourth-order valence-electron chi connectivity index (χ4n) is 2.35. The van der Waals surface area contributed by atoms with Gasteiger partial charge in [-0.25, -0.2) is 13.4 Å². The highest BCUT2D eigenvalue weighted by atomic mass is 32.2. The highest BCUT2D eigenvalue weighted by Gasteiger charge is 2.25. The molecule has 0 amide bonds. The Labute approximate surface area is 109 Å². The van der Waals surface area contributed by atoms with Gasteiger partial charge in [-0.15, -0.1) is 0 Å². The van der Waals surface area contributed by atoms with Crippen LogP contribution in [0.15, 0.2) is 12.5 Å². The summed E-state index contributed by atoms with van der Waals surface area (Å²) in [6, 6.07) is 0.287. The molecule has 0 radical (unpaired) electrons. The molecule has 0 atom stereocenters. The van der Waals surface area contributed by atoms with Crippen molar-refractivity contribution in [3.05, 3.63) is 18.2 Å². The lowest BCUT2D eigenvalue weighted by Gasteiger charge is -2.25. The SMILES string of the molecule is CCCNCc1cncn1C1CCS(=O)(=O)CC1. The van der Waals surface area contributed by atoms with Crippen molar-refractivity contribution in [3.63, 3.8) is 0 Å². The maximum atomic E-state index is 11.4. The number of rotatable bonds is 5. The number of hydrogen-bond acceptors (Lipinski definition) is 4. The van der Waals surface area contributed by atoms with Crippen LogP contribution >= 0.6 is 0 Å². The summed E-state index contributed by atoms with van der Waals surface area (Å²) in [5, 5.41) is 3.35. The minimum Gasteiger partial charge on any atom is -0.330 e. The molecule has 1 aromatic heterocycles. The molecule has 5 nitrogen and oxygen atoms in total. The van der Waals surface area contributed by atoms with Crippen LogP contribution in [0.4, 0.5) is 0 Å². The second-order valence-electron chi connectivity index (χ2n) is 4.85. The molecular weight excluding hydrogens is 250 g/mol. The summed E-state index contributed by atoms with van der Waals surface area (Å²) in [4.78, 5) is 4.19. The maximum Gasteiger partial charge on any atom is 0.150 e. The second kappa shape index (κ2) is 5.84. The molecule has 0 saturated carbocycles. The van der Waals surface area contributed by atoms with Crippen molar-refractivity contribution in [2.24, 2.45) is 0 Å². The van der Waals surface area contributed by atoms with E-state index in [1.165, 1.54) is 0 Å². The van der Waals surface area contributed by atoms with E-state index in [1.54, 1.807) is 0 Å². The molecule has 0 unspecified atom stereocenters. The van der Waals surface area contributed by atoms with Crippen molar-refractivity contribution >= 4 is 9.84 Å². The van der Waals surface area contributed by atoms with E-state index in [1.807, 2.05) is 12.5 Å². The predicted molar refractivity (Wildman–Crippen MR) is 71.1 cm³/mol. The Bertz CT molecular complexity index is 467. The molecule has 1 aromatic rings. The van der Waals surface area contributed by atoms with Gasteiger partial charge in [0.15, 0.2) is 0 Å². The lowest BCUT2D eigenvalue weighted by atomic mass is 10.1. The van der Waals surface area contributed by atoms with Crippen LogP contribution in [0.25, 0.3) is 0 Å². The van der Waals surface area contributed by atoms with Crippen molar-refractivity contribution in [3.8, 4) is 0 Å². The number of hydrogen-bond donors (Lipinski definition) is 1. The molecule has 18 heavy (non-hydrogen) atoms. The van der Waals surface area contributed by atoms with Crippen LogP contribution in [0, 0.1) is 0 Å².